The van der Waals surface area contributed by atoms with E-state index in [1.807, 2.05) is 0 Å². The standard InChI is InChI=1S/C8H16N/c1-3-5-9-6-4-8(2)7-9/h8H,1,3-7H2,2H3/t8-/m1/s1. The van der Waals surface area contributed by atoms with Crippen molar-refractivity contribution >= 4 is 0 Å². The van der Waals surface area contributed by atoms with Gasteiger partial charge in [0.15, 0.2) is 0 Å². The van der Waals surface area contributed by atoms with Gasteiger partial charge in [0, 0.05) is 6.54 Å². The van der Waals surface area contributed by atoms with Gasteiger partial charge in [-0.1, -0.05) is 13.8 Å². The predicted octanol–water partition coefficient (Wildman–Crippen LogP) is 1.55. The molecule has 1 heteroatoms. The highest BCUT2D eigenvalue weighted by molar-refractivity contribution is 4.71. The molecule has 0 N–H and O–H groups in total. The first-order chi connectivity index (χ1) is 4.33. The molecule has 0 spiro atoms. The first-order valence-electron chi connectivity index (χ1n) is 3.84. The number of hydrogen-bond acceptors (Lipinski definition) is 1. The van der Waals surface area contributed by atoms with E-state index in [1.165, 1.54) is 26.1 Å². The molecule has 0 bridgehead atoms. The van der Waals surface area contributed by atoms with Crippen molar-refractivity contribution in [1.29, 1.82) is 0 Å². The van der Waals surface area contributed by atoms with Gasteiger partial charge in [0.1, 0.15) is 0 Å². The van der Waals surface area contributed by atoms with E-state index in [4.69, 9.17) is 0 Å². The van der Waals surface area contributed by atoms with Gasteiger partial charge in [-0.25, -0.2) is 0 Å². The number of nitrogens with zero attached hydrogens (tertiary/aromatic N) is 1. The van der Waals surface area contributed by atoms with Crippen LogP contribution in [0.25, 0.3) is 0 Å². The Balaban J connectivity index is 2.14. The van der Waals surface area contributed by atoms with E-state index in [2.05, 4.69) is 18.7 Å². The molecule has 1 saturated heterocycles. The summed E-state index contributed by atoms with van der Waals surface area (Å²) in [5, 5.41) is 0. The molecular weight excluding hydrogens is 110 g/mol. The van der Waals surface area contributed by atoms with Crippen molar-refractivity contribution in [3.05, 3.63) is 6.92 Å². The number of hydrogen-bond donors (Lipinski definition) is 0. The quantitative estimate of drug-likeness (QED) is 0.542. The van der Waals surface area contributed by atoms with Gasteiger partial charge in [-0.3, -0.25) is 0 Å². The van der Waals surface area contributed by atoms with Crippen molar-refractivity contribution in [1.82, 2.24) is 4.90 Å². The highest BCUT2D eigenvalue weighted by Crippen LogP contribution is 2.14. The van der Waals surface area contributed by atoms with Crippen molar-refractivity contribution in [2.45, 2.75) is 19.8 Å². The maximum Gasteiger partial charge on any atom is 0.000750 e. The third kappa shape index (κ3) is 1.98. The van der Waals surface area contributed by atoms with E-state index in [9.17, 15) is 0 Å². The summed E-state index contributed by atoms with van der Waals surface area (Å²) in [6.45, 7) is 9.96. The smallest absolute Gasteiger partial charge is 0.000750 e. The molecule has 0 aromatic heterocycles. The lowest BCUT2D eigenvalue weighted by Gasteiger charge is -2.12. The van der Waals surface area contributed by atoms with Gasteiger partial charge in [0.05, 0.1) is 0 Å². The second-order valence-electron chi connectivity index (χ2n) is 3.05. The number of likely N-dealkylation sites (tertiary alicyclic amines) is 1. The molecule has 1 heterocycles. The Hall–Kier alpha value is -0.0400. The van der Waals surface area contributed by atoms with Crippen molar-refractivity contribution in [2.75, 3.05) is 19.6 Å². The lowest BCUT2D eigenvalue weighted by molar-refractivity contribution is 0.334. The summed E-state index contributed by atoms with van der Waals surface area (Å²) in [5.74, 6) is 0.927. The van der Waals surface area contributed by atoms with Crippen molar-refractivity contribution in [2.24, 2.45) is 5.92 Å². The molecule has 1 radical (unpaired) electrons. The maximum atomic E-state index is 3.83. The molecule has 1 aliphatic heterocycles. The average Bonchev–Trinajstić information content (AvgIpc) is 2.17. The normalized spacial score (nSPS) is 29.3. The predicted molar refractivity (Wildman–Crippen MR) is 40.2 cm³/mol. The lowest BCUT2D eigenvalue weighted by atomic mass is 10.2. The van der Waals surface area contributed by atoms with Crippen molar-refractivity contribution < 1.29 is 0 Å². The van der Waals surface area contributed by atoms with Gasteiger partial charge in [0.2, 0.25) is 0 Å². The van der Waals surface area contributed by atoms with E-state index in [-0.39, 0.29) is 0 Å². The Morgan fingerprint density at radius 1 is 1.67 bits per heavy atom. The van der Waals surface area contributed by atoms with Crippen LogP contribution in [-0.4, -0.2) is 24.5 Å². The maximum absolute atomic E-state index is 3.83. The van der Waals surface area contributed by atoms with E-state index >= 15 is 0 Å². The van der Waals surface area contributed by atoms with Gasteiger partial charge < -0.3 is 4.90 Å². The Bertz CT molecular complexity index is 78.6. The molecule has 1 nitrogen and oxygen atoms in total. The molecule has 0 unspecified atom stereocenters. The molecule has 1 fully saturated rings. The lowest BCUT2D eigenvalue weighted by Crippen LogP contribution is -2.20. The van der Waals surface area contributed by atoms with Crippen LogP contribution in [0.5, 0.6) is 0 Å². The molecule has 9 heavy (non-hydrogen) atoms. The zero-order chi connectivity index (χ0) is 6.69. The highest BCUT2D eigenvalue weighted by atomic mass is 15.1. The first kappa shape index (κ1) is 7.07. The van der Waals surface area contributed by atoms with Crippen LogP contribution < -0.4 is 0 Å². The second kappa shape index (κ2) is 3.21. The molecule has 1 rings (SSSR count). The second-order valence-corrected chi connectivity index (χ2v) is 3.05. The van der Waals surface area contributed by atoms with Crippen LogP contribution in [0, 0.1) is 12.8 Å². The van der Waals surface area contributed by atoms with Crippen LogP contribution >= 0.6 is 0 Å². The Morgan fingerprint density at radius 3 is 2.89 bits per heavy atom. The molecule has 53 valence electrons. The summed E-state index contributed by atoms with van der Waals surface area (Å²) in [6, 6.07) is 0. The fourth-order valence-electron chi connectivity index (χ4n) is 1.45. The van der Waals surface area contributed by atoms with Gasteiger partial charge in [-0.15, -0.1) is 0 Å². The summed E-state index contributed by atoms with van der Waals surface area (Å²) in [4.78, 5) is 2.50. The van der Waals surface area contributed by atoms with Gasteiger partial charge in [0.25, 0.3) is 0 Å². The van der Waals surface area contributed by atoms with Gasteiger partial charge in [-0.2, -0.15) is 0 Å². The highest BCUT2D eigenvalue weighted by Gasteiger charge is 2.16. The van der Waals surface area contributed by atoms with Crippen LogP contribution in [-0.2, 0) is 0 Å². The Labute approximate surface area is 58.0 Å². The summed E-state index contributed by atoms with van der Waals surface area (Å²) >= 11 is 0. The Kier molecular flexibility index (Phi) is 2.52. The molecule has 1 atom stereocenters. The van der Waals surface area contributed by atoms with E-state index in [0.29, 0.717) is 0 Å². The molecule has 0 aromatic carbocycles. The average molecular weight is 126 g/mol. The van der Waals surface area contributed by atoms with Crippen LogP contribution in [0.1, 0.15) is 19.8 Å². The van der Waals surface area contributed by atoms with Crippen molar-refractivity contribution in [3.8, 4) is 0 Å². The van der Waals surface area contributed by atoms with Gasteiger partial charge in [-0.05, 0) is 31.8 Å². The third-order valence-electron chi connectivity index (χ3n) is 1.98. The SMILES string of the molecule is [CH2]CCN1CC[C@@H](C)C1. The van der Waals surface area contributed by atoms with Crippen LogP contribution in [0.2, 0.25) is 0 Å². The van der Waals surface area contributed by atoms with Gasteiger partial charge >= 0.3 is 0 Å². The molecule has 0 aliphatic carbocycles. The minimum Gasteiger partial charge on any atom is -0.303 e. The number of rotatable bonds is 2. The fraction of sp³-hybridized carbons (Fsp3) is 0.875. The topological polar surface area (TPSA) is 3.24 Å². The van der Waals surface area contributed by atoms with Crippen molar-refractivity contribution in [3.63, 3.8) is 0 Å². The minimum absolute atomic E-state index is 0.927. The minimum atomic E-state index is 0.927. The summed E-state index contributed by atoms with van der Waals surface area (Å²) in [7, 11) is 0. The summed E-state index contributed by atoms with van der Waals surface area (Å²) in [6.07, 6.45) is 2.45. The molecule has 0 saturated carbocycles. The summed E-state index contributed by atoms with van der Waals surface area (Å²) in [5.41, 5.74) is 0. The van der Waals surface area contributed by atoms with E-state index < -0.39 is 0 Å². The first-order valence-corrected chi connectivity index (χ1v) is 3.84. The third-order valence-corrected chi connectivity index (χ3v) is 1.98. The zero-order valence-electron chi connectivity index (χ0n) is 6.27. The van der Waals surface area contributed by atoms with Crippen LogP contribution in [0.15, 0.2) is 0 Å². The van der Waals surface area contributed by atoms with E-state index in [0.717, 1.165) is 12.3 Å². The van der Waals surface area contributed by atoms with Crippen LogP contribution in [0.3, 0.4) is 0 Å². The molecule has 0 amide bonds. The fourth-order valence-corrected chi connectivity index (χ4v) is 1.45. The van der Waals surface area contributed by atoms with E-state index in [1.54, 1.807) is 0 Å². The monoisotopic (exact) mass is 126 g/mol. The van der Waals surface area contributed by atoms with Crippen LogP contribution in [0.4, 0.5) is 0 Å². The Morgan fingerprint density at radius 2 is 2.44 bits per heavy atom. The molecule has 1 aliphatic rings. The summed E-state index contributed by atoms with van der Waals surface area (Å²) < 4.78 is 0. The largest absolute Gasteiger partial charge is 0.303 e. The zero-order valence-corrected chi connectivity index (χ0v) is 6.27. The molecular formula is C8H16N. The molecule has 0 aromatic rings.